The monoisotopic (exact) mass is 550 g/mol. The molecule has 12 nitrogen and oxygen atoms in total. The van der Waals surface area contributed by atoms with E-state index in [1.165, 1.54) is 19.2 Å². The Morgan fingerprint density at radius 3 is 2.44 bits per heavy atom. The molecule has 12 heteroatoms. The molecule has 4 unspecified atom stereocenters. The fourth-order valence-corrected chi connectivity index (χ4v) is 3.53. The Morgan fingerprint density at radius 1 is 1.18 bits per heavy atom. The van der Waals surface area contributed by atoms with Crippen LogP contribution in [0, 0.1) is 24.2 Å². The van der Waals surface area contributed by atoms with Crippen molar-refractivity contribution in [2.75, 3.05) is 13.2 Å². The topological polar surface area (TPSA) is 156 Å². The SMILES string of the molecule is CCC1C(=O)OCC(NC(=O)c2nccc(C)c2OC(=O)OCC(C)(C)C)C(=O)OC(C)C1OC(=O)C(C)C. The summed E-state index contributed by atoms with van der Waals surface area (Å²) >= 11 is 0. The quantitative estimate of drug-likeness (QED) is 0.393. The lowest BCUT2D eigenvalue weighted by atomic mass is 9.95. The third kappa shape index (κ3) is 8.93. The van der Waals surface area contributed by atoms with E-state index in [0.29, 0.717) is 5.56 Å². The largest absolute Gasteiger partial charge is 0.513 e. The van der Waals surface area contributed by atoms with Gasteiger partial charge in [0.2, 0.25) is 0 Å². The first-order valence-corrected chi connectivity index (χ1v) is 12.8. The summed E-state index contributed by atoms with van der Waals surface area (Å²) in [5.74, 6) is -4.56. The molecule has 0 spiro atoms. The zero-order valence-electron chi connectivity index (χ0n) is 23.7. The standard InChI is InChI=1S/C27H38N2O10/c1-9-17-21(38-23(31)14(2)3)16(5)37-25(33)18(12-35-24(17)32)29-22(30)19-20(15(4)10-11-28-19)39-26(34)36-13-27(6,7)8/h10-11,14,16-18,21H,9,12-13H2,1-8H3,(H,29,30). The lowest BCUT2D eigenvalue weighted by molar-refractivity contribution is -0.176. The van der Waals surface area contributed by atoms with Gasteiger partial charge < -0.3 is 29.0 Å². The van der Waals surface area contributed by atoms with Gasteiger partial charge in [-0.1, -0.05) is 41.5 Å². The number of nitrogens with zero attached hydrogens (tertiary/aromatic N) is 1. The minimum Gasteiger partial charge on any atom is -0.463 e. The predicted molar refractivity (Wildman–Crippen MR) is 137 cm³/mol. The molecular formula is C27H38N2O10. The van der Waals surface area contributed by atoms with E-state index in [2.05, 4.69) is 10.3 Å². The summed E-state index contributed by atoms with van der Waals surface area (Å²) in [6, 6.07) is 0.119. The number of ether oxygens (including phenoxy) is 5. The normalized spacial score (nSPS) is 22.0. The zero-order valence-corrected chi connectivity index (χ0v) is 23.7. The second-order valence-corrected chi connectivity index (χ2v) is 10.9. The minimum atomic E-state index is -1.41. The Bertz CT molecular complexity index is 1080. The van der Waals surface area contributed by atoms with Crippen molar-refractivity contribution in [3.05, 3.63) is 23.5 Å². The van der Waals surface area contributed by atoms with Gasteiger partial charge in [-0.25, -0.2) is 14.6 Å². The van der Waals surface area contributed by atoms with Crippen molar-refractivity contribution in [2.24, 2.45) is 17.3 Å². The molecule has 0 bridgehead atoms. The molecule has 1 saturated heterocycles. The lowest BCUT2D eigenvalue weighted by Gasteiger charge is -2.29. The zero-order chi connectivity index (χ0) is 29.5. The lowest BCUT2D eigenvalue weighted by Crippen LogP contribution is -2.47. The van der Waals surface area contributed by atoms with Crippen molar-refractivity contribution in [1.82, 2.24) is 10.3 Å². The number of aromatic nitrogens is 1. The highest BCUT2D eigenvalue weighted by Gasteiger charge is 2.41. The van der Waals surface area contributed by atoms with Gasteiger partial charge in [0.05, 0.1) is 18.4 Å². The van der Waals surface area contributed by atoms with Gasteiger partial charge in [0.15, 0.2) is 23.6 Å². The average Bonchev–Trinajstić information content (AvgIpc) is 2.88. The van der Waals surface area contributed by atoms with E-state index in [9.17, 15) is 24.0 Å². The number of rotatable bonds is 7. The number of nitrogens with one attached hydrogen (secondary N) is 1. The molecule has 216 valence electrons. The van der Waals surface area contributed by atoms with Gasteiger partial charge in [-0.3, -0.25) is 14.4 Å². The van der Waals surface area contributed by atoms with E-state index in [1.54, 1.807) is 27.7 Å². The maximum Gasteiger partial charge on any atom is 0.513 e. The molecule has 1 amide bonds. The minimum absolute atomic E-state index is 0.0797. The summed E-state index contributed by atoms with van der Waals surface area (Å²) in [6.07, 6.45) is -1.52. The van der Waals surface area contributed by atoms with Crippen LogP contribution in [0.1, 0.15) is 70.9 Å². The van der Waals surface area contributed by atoms with Crippen LogP contribution in [0.5, 0.6) is 5.75 Å². The number of carbonyl (C=O) groups is 5. The van der Waals surface area contributed by atoms with Gasteiger partial charge in [0.25, 0.3) is 5.91 Å². The first-order chi connectivity index (χ1) is 18.1. The summed E-state index contributed by atoms with van der Waals surface area (Å²) < 4.78 is 26.7. The van der Waals surface area contributed by atoms with Crippen molar-refractivity contribution in [2.45, 2.75) is 80.1 Å². The van der Waals surface area contributed by atoms with Gasteiger partial charge in [0, 0.05) is 6.20 Å². The van der Waals surface area contributed by atoms with Crippen molar-refractivity contribution < 1.29 is 47.7 Å². The molecule has 0 saturated carbocycles. The van der Waals surface area contributed by atoms with E-state index in [4.69, 9.17) is 23.7 Å². The molecule has 1 aromatic rings. The number of amides is 1. The Kier molecular flexibility index (Phi) is 10.8. The Labute approximate surface area is 228 Å². The molecule has 1 aromatic heterocycles. The number of cyclic esters (lactones) is 2. The van der Waals surface area contributed by atoms with Crippen LogP contribution < -0.4 is 10.1 Å². The summed E-state index contributed by atoms with van der Waals surface area (Å²) in [4.78, 5) is 67.5. The number of esters is 3. The number of hydrogen-bond acceptors (Lipinski definition) is 11. The molecular weight excluding hydrogens is 512 g/mol. The fraction of sp³-hybridized carbons (Fsp3) is 0.630. The van der Waals surface area contributed by atoms with Gasteiger partial charge >= 0.3 is 24.1 Å². The van der Waals surface area contributed by atoms with E-state index in [1.807, 2.05) is 20.8 Å². The van der Waals surface area contributed by atoms with E-state index < -0.39 is 66.7 Å². The number of hydrogen-bond donors (Lipinski definition) is 1. The molecule has 0 radical (unpaired) electrons. The van der Waals surface area contributed by atoms with E-state index >= 15 is 0 Å². The highest BCUT2D eigenvalue weighted by molar-refractivity contribution is 5.98. The van der Waals surface area contributed by atoms with Gasteiger partial charge in [-0.05, 0) is 37.3 Å². The molecule has 0 aliphatic carbocycles. The Morgan fingerprint density at radius 2 is 1.85 bits per heavy atom. The fourth-order valence-electron chi connectivity index (χ4n) is 3.53. The van der Waals surface area contributed by atoms with Crippen molar-refractivity contribution in [3.63, 3.8) is 0 Å². The molecule has 0 aromatic carbocycles. The Balaban J connectivity index is 2.25. The molecule has 4 atom stereocenters. The summed E-state index contributed by atoms with van der Waals surface area (Å²) in [7, 11) is 0. The Hall–Kier alpha value is -3.70. The highest BCUT2D eigenvalue weighted by atomic mass is 16.7. The molecule has 2 heterocycles. The molecule has 1 N–H and O–H groups in total. The average molecular weight is 551 g/mol. The van der Waals surface area contributed by atoms with E-state index in [0.717, 1.165) is 0 Å². The molecule has 2 rings (SSSR count). The van der Waals surface area contributed by atoms with Crippen LogP contribution in [-0.4, -0.2) is 66.4 Å². The third-order valence-corrected chi connectivity index (χ3v) is 5.73. The first kappa shape index (κ1) is 31.5. The summed E-state index contributed by atoms with van der Waals surface area (Å²) in [6.45, 7) is 13.3. The van der Waals surface area contributed by atoms with Crippen LogP contribution in [0.25, 0.3) is 0 Å². The highest BCUT2D eigenvalue weighted by Crippen LogP contribution is 2.25. The van der Waals surface area contributed by atoms with Crippen molar-refractivity contribution in [1.29, 1.82) is 0 Å². The van der Waals surface area contributed by atoms with Gasteiger partial charge in [0.1, 0.15) is 12.7 Å². The number of aryl methyl sites for hydroxylation is 1. The summed E-state index contributed by atoms with van der Waals surface area (Å²) in [5, 5.41) is 2.43. The second kappa shape index (κ2) is 13.4. The molecule has 39 heavy (non-hydrogen) atoms. The molecule has 1 fully saturated rings. The maximum atomic E-state index is 13.2. The van der Waals surface area contributed by atoms with Crippen molar-refractivity contribution >= 4 is 30.0 Å². The summed E-state index contributed by atoms with van der Waals surface area (Å²) in [5.41, 5.74) is -0.177. The van der Waals surface area contributed by atoms with Crippen LogP contribution in [0.4, 0.5) is 4.79 Å². The molecule has 1 aliphatic heterocycles. The van der Waals surface area contributed by atoms with Gasteiger partial charge in [-0.15, -0.1) is 0 Å². The van der Waals surface area contributed by atoms with Crippen molar-refractivity contribution in [3.8, 4) is 5.75 Å². The third-order valence-electron chi connectivity index (χ3n) is 5.73. The van der Waals surface area contributed by atoms with Crippen LogP contribution in [-0.2, 0) is 33.3 Å². The number of pyridine rings is 1. The van der Waals surface area contributed by atoms with Gasteiger partial charge in [-0.2, -0.15) is 0 Å². The van der Waals surface area contributed by atoms with Crippen LogP contribution in [0.2, 0.25) is 0 Å². The van der Waals surface area contributed by atoms with Crippen LogP contribution >= 0.6 is 0 Å². The maximum absolute atomic E-state index is 13.2. The molecule has 1 aliphatic rings. The number of carbonyl (C=O) groups excluding carboxylic acids is 5. The second-order valence-electron chi connectivity index (χ2n) is 10.9. The predicted octanol–water partition coefficient (Wildman–Crippen LogP) is 3.13. The first-order valence-electron chi connectivity index (χ1n) is 12.8. The van der Waals surface area contributed by atoms with Crippen LogP contribution in [0.15, 0.2) is 12.3 Å². The smallest absolute Gasteiger partial charge is 0.463 e. The van der Waals surface area contributed by atoms with Crippen LogP contribution in [0.3, 0.4) is 0 Å². The van der Waals surface area contributed by atoms with E-state index in [-0.39, 0.29) is 29.9 Å².